The van der Waals surface area contributed by atoms with Crippen LogP contribution in [0.2, 0.25) is 0 Å². The van der Waals surface area contributed by atoms with Crippen LogP contribution in [0.3, 0.4) is 0 Å². The van der Waals surface area contributed by atoms with Gasteiger partial charge in [-0.1, -0.05) is 23.9 Å². The number of thiophene rings is 1. The second-order valence-electron chi connectivity index (χ2n) is 5.71. The quantitative estimate of drug-likeness (QED) is 0.448. The molecule has 0 radical (unpaired) electrons. The number of rotatable bonds is 3. The molecular weight excluding hydrogens is 340 g/mol. The third kappa shape index (κ3) is 2.44. The fraction of sp³-hybridized carbons (Fsp3) is 0.235. The van der Waals surface area contributed by atoms with Gasteiger partial charge in [-0.15, -0.1) is 11.3 Å². The minimum absolute atomic E-state index is 0.0222. The molecule has 24 heavy (non-hydrogen) atoms. The van der Waals surface area contributed by atoms with E-state index in [4.69, 9.17) is 0 Å². The lowest BCUT2D eigenvalue weighted by Gasteiger charge is -2.06. The predicted octanol–water partition coefficient (Wildman–Crippen LogP) is 3.78. The number of aromatic nitrogens is 4. The first-order valence-corrected chi connectivity index (χ1v) is 9.38. The molecule has 7 heteroatoms. The minimum Gasteiger partial charge on any atom is -0.341 e. The van der Waals surface area contributed by atoms with E-state index in [2.05, 4.69) is 15.0 Å². The van der Waals surface area contributed by atoms with Gasteiger partial charge in [0.2, 0.25) is 0 Å². The lowest BCUT2D eigenvalue weighted by molar-refractivity contribution is 0.727. The number of nitrogens with one attached hydrogen (secondary N) is 1. The van der Waals surface area contributed by atoms with Crippen molar-refractivity contribution < 1.29 is 0 Å². The van der Waals surface area contributed by atoms with Gasteiger partial charge in [0.25, 0.3) is 5.56 Å². The molecule has 0 fully saturated rings. The van der Waals surface area contributed by atoms with Gasteiger partial charge in [-0.25, -0.2) is 9.97 Å². The standard InChI is InChI=1S/C17H16N4OS2/c1-9-10(2)24-15-14(9)16(22)21(3)17(20-15)23-8-13-18-11-6-4-5-7-12(11)19-13/h4-7H,8H2,1-3H3,(H,18,19). The van der Waals surface area contributed by atoms with Crippen LogP contribution in [0.4, 0.5) is 0 Å². The van der Waals surface area contributed by atoms with Crippen LogP contribution in [0.25, 0.3) is 21.3 Å². The number of thioether (sulfide) groups is 1. The van der Waals surface area contributed by atoms with Crippen LogP contribution in [-0.4, -0.2) is 19.5 Å². The van der Waals surface area contributed by atoms with Gasteiger partial charge < -0.3 is 4.98 Å². The summed E-state index contributed by atoms with van der Waals surface area (Å²) in [5.41, 5.74) is 3.04. The van der Waals surface area contributed by atoms with Crippen LogP contribution < -0.4 is 5.56 Å². The summed E-state index contributed by atoms with van der Waals surface area (Å²) >= 11 is 3.10. The van der Waals surface area contributed by atoms with Crippen molar-refractivity contribution in [3.8, 4) is 0 Å². The summed E-state index contributed by atoms with van der Waals surface area (Å²) in [6, 6.07) is 7.95. The highest BCUT2D eigenvalue weighted by atomic mass is 32.2. The van der Waals surface area contributed by atoms with Gasteiger partial charge in [-0.2, -0.15) is 0 Å². The Hall–Kier alpha value is -2.12. The number of imidazole rings is 1. The van der Waals surface area contributed by atoms with Gasteiger partial charge in [-0.05, 0) is 31.5 Å². The molecule has 4 aromatic rings. The van der Waals surface area contributed by atoms with E-state index in [1.807, 2.05) is 38.1 Å². The predicted molar refractivity (Wildman–Crippen MR) is 100.0 cm³/mol. The molecule has 0 unspecified atom stereocenters. The van der Waals surface area contributed by atoms with Gasteiger partial charge in [0, 0.05) is 11.9 Å². The second-order valence-corrected chi connectivity index (χ2v) is 7.86. The van der Waals surface area contributed by atoms with E-state index < -0.39 is 0 Å². The number of hydrogen-bond donors (Lipinski definition) is 1. The molecule has 3 heterocycles. The van der Waals surface area contributed by atoms with Crippen molar-refractivity contribution in [3.63, 3.8) is 0 Å². The van der Waals surface area contributed by atoms with Crippen LogP contribution in [0.1, 0.15) is 16.3 Å². The smallest absolute Gasteiger partial charge is 0.262 e. The number of benzene rings is 1. The highest BCUT2D eigenvalue weighted by Gasteiger charge is 2.15. The van der Waals surface area contributed by atoms with E-state index in [0.717, 1.165) is 37.5 Å². The monoisotopic (exact) mass is 356 g/mol. The summed E-state index contributed by atoms with van der Waals surface area (Å²) in [5.74, 6) is 1.53. The topological polar surface area (TPSA) is 63.6 Å². The van der Waals surface area contributed by atoms with E-state index in [9.17, 15) is 4.79 Å². The van der Waals surface area contributed by atoms with E-state index in [1.54, 1.807) is 23.0 Å². The highest BCUT2D eigenvalue weighted by molar-refractivity contribution is 7.98. The van der Waals surface area contributed by atoms with Crippen LogP contribution in [0.15, 0.2) is 34.2 Å². The Morgan fingerprint density at radius 1 is 1.25 bits per heavy atom. The molecule has 0 aliphatic rings. The molecule has 1 aromatic carbocycles. The van der Waals surface area contributed by atoms with E-state index in [-0.39, 0.29) is 5.56 Å². The number of para-hydroxylation sites is 2. The molecule has 0 saturated heterocycles. The van der Waals surface area contributed by atoms with E-state index in [0.29, 0.717) is 10.9 Å². The Morgan fingerprint density at radius 3 is 2.83 bits per heavy atom. The maximum Gasteiger partial charge on any atom is 0.262 e. The minimum atomic E-state index is 0.0222. The molecule has 0 aliphatic heterocycles. The lowest BCUT2D eigenvalue weighted by atomic mass is 10.2. The molecule has 0 spiro atoms. The van der Waals surface area contributed by atoms with Crippen molar-refractivity contribution in [1.29, 1.82) is 0 Å². The molecule has 1 N–H and O–H groups in total. The number of aryl methyl sites for hydroxylation is 2. The Labute approximate surface area is 146 Å². The first-order valence-electron chi connectivity index (χ1n) is 7.57. The number of fused-ring (bicyclic) bond motifs is 2. The molecule has 122 valence electrons. The highest BCUT2D eigenvalue weighted by Crippen LogP contribution is 2.28. The molecule has 5 nitrogen and oxygen atoms in total. The molecule has 0 amide bonds. The number of nitrogens with zero attached hydrogens (tertiary/aromatic N) is 3. The molecule has 4 rings (SSSR count). The summed E-state index contributed by atoms with van der Waals surface area (Å²) in [7, 11) is 1.78. The van der Waals surface area contributed by atoms with Gasteiger partial charge in [0.05, 0.1) is 22.2 Å². The summed E-state index contributed by atoms with van der Waals surface area (Å²) in [4.78, 5) is 27.2. The van der Waals surface area contributed by atoms with Crippen molar-refractivity contribution in [1.82, 2.24) is 19.5 Å². The first kappa shape index (κ1) is 15.4. The fourth-order valence-electron chi connectivity index (χ4n) is 2.69. The van der Waals surface area contributed by atoms with Crippen LogP contribution in [0.5, 0.6) is 0 Å². The van der Waals surface area contributed by atoms with Crippen molar-refractivity contribution in [2.45, 2.75) is 24.8 Å². The number of aromatic amines is 1. The number of hydrogen-bond acceptors (Lipinski definition) is 5. The maximum absolute atomic E-state index is 12.6. The zero-order valence-corrected chi connectivity index (χ0v) is 15.2. The summed E-state index contributed by atoms with van der Waals surface area (Å²) in [6.07, 6.45) is 0. The largest absolute Gasteiger partial charge is 0.341 e. The van der Waals surface area contributed by atoms with Crippen LogP contribution >= 0.6 is 23.1 Å². The lowest BCUT2D eigenvalue weighted by Crippen LogP contribution is -2.19. The van der Waals surface area contributed by atoms with Gasteiger partial charge in [-0.3, -0.25) is 9.36 Å². The molecule has 3 aromatic heterocycles. The first-order chi connectivity index (χ1) is 11.5. The fourth-order valence-corrected chi connectivity index (χ4v) is 4.60. The molecular formula is C17H16N4OS2. The van der Waals surface area contributed by atoms with Gasteiger partial charge in [0.15, 0.2) is 5.16 Å². The zero-order valence-electron chi connectivity index (χ0n) is 13.6. The Balaban J connectivity index is 1.69. The Morgan fingerprint density at radius 2 is 2.04 bits per heavy atom. The molecule has 0 saturated carbocycles. The van der Waals surface area contributed by atoms with E-state index in [1.165, 1.54) is 11.8 Å². The Bertz CT molecular complexity index is 1090. The van der Waals surface area contributed by atoms with Crippen molar-refractivity contribution in [2.24, 2.45) is 7.05 Å². The maximum atomic E-state index is 12.6. The number of H-pyrrole nitrogens is 1. The normalized spacial score (nSPS) is 11.6. The third-order valence-electron chi connectivity index (χ3n) is 4.15. The van der Waals surface area contributed by atoms with Crippen molar-refractivity contribution in [3.05, 3.63) is 50.9 Å². The summed E-state index contributed by atoms with van der Waals surface area (Å²) in [6.45, 7) is 4.01. The molecule has 0 atom stereocenters. The zero-order chi connectivity index (χ0) is 16.8. The van der Waals surface area contributed by atoms with Crippen LogP contribution in [-0.2, 0) is 12.8 Å². The molecule has 0 bridgehead atoms. The van der Waals surface area contributed by atoms with Crippen molar-refractivity contribution >= 4 is 44.3 Å². The van der Waals surface area contributed by atoms with Crippen LogP contribution in [0, 0.1) is 13.8 Å². The second kappa shape index (κ2) is 5.75. The summed E-state index contributed by atoms with van der Waals surface area (Å²) < 4.78 is 1.63. The van der Waals surface area contributed by atoms with Crippen molar-refractivity contribution in [2.75, 3.05) is 0 Å². The molecule has 0 aliphatic carbocycles. The van der Waals surface area contributed by atoms with E-state index >= 15 is 0 Å². The van der Waals surface area contributed by atoms with Gasteiger partial charge >= 0.3 is 0 Å². The summed E-state index contributed by atoms with van der Waals surface area (Å²) in [5, 5.41) is 1.46. The average Bonchev–Trinajstić information content (AvgIpc) is 3.10. The average molecular weight is 356 g/mol. The Kier molecular flexibility index (Phi) is 3.69. The third-order valence-corrected chi connectivity index (χ3v) is 6.29. The SMILES string of the molecule is Cc1sc2nc(SCc3nc4ccccc4[nH]3)n(C)c(=O)c2c1C. The van der Waals surface area contributed by atoms with Gasteiger partial charge in [0.1, 0.15) is 10.7 Å².